The molecule has 0 spiro atoms. The lowest BCUT2D eigenvalue weighted by atomic mass is 9.89. The normalized spacial score (nSPS) is 19.8. The first kappa shape index (κ1) is 18.4. The third kappa shape index (κ3) is 3.79. The van der Waals surface area contributed by atoms with E-state index in [1.807, 2.05) is 18.2 Å². The lowest BCUT2D eigenvalue weighted by Gasteiger charge is -2.31. The van der Waals surface area contributed by atoms with Crippen LogP contribution in [0.4, 0.5) is 5.69 Å². The smallest absolute Gasteiger partial charge is 0.274 e. The van der Waals surface area contributed by atoms with E-state index in [4.69, 9.17) is 0 Å². The number of hydrogen-bond acceptors (Lipinski definition) is 3. The van der Waals surface area contributed by atoms with Crippen LogP contribution >= 0.6 is 0 Å². The van der Waals surface area contributed by atoms with E-state index >= 15 is 0 Å². The lowest BCUT2D eigenvalue weighted by Crippen LogP contribution is -2.36. The topological polar surface area (TPSA) is 69.8 Å². The molecular weight excluding hydrogens is 360 g/mol. The van der Waals surface area contributed by atoms with E-state index in [0.29, 0.717) is 17.8 Å². The highest BCUT2D eigenvalue weighted by Crippen LogP contribution is 2.36. The van der Waals surface area contributed by atoms with Crippen molar-refractivity contribution in [1.29, 1.82) is 0 Å². The number of aromatic amines is 1. The molecule has 3 aromatic rings. The number of benzene rings is 1. The van der Waals surface area contributed by atoms with Gasteiger partial charge in [-0.15, -0.1) is 0 Å². The predicted molar refractivity (Wildman–Crippen MR) is 116 cm³/mol. The van der Waals surface area contributed by atoms with Gasteiger partial charge in [0.1, 0.15) is 5.69 Å². The molecule has 1 atom stereocenters. The number of carbonyl (C=O) groups excluding carboxylic acids is 1. The number of aromatic nitrogens is 2. The Labute approximate surface area is 171 Å². The highest BCUT2D eigenvalue weighted by molar-refractivity contribution is 6.04. The number of H-pyrrole nitrogens is 1. The molecular formula is C24H28N4O. The van der Waals surface area contributed by atoms with Gasteiger partial charge in [-0.1, -0.05) is 25.3 Å². The Morgan fingerprint density at radius 3 is 2.76 bits per heavy atom. The Bertz CT molecular complexity index is 1000. The monoisotopic (exact) mass is 388 g/mol. The van der Waals surface area contributed by atoms with Crippen LogP contribution in [0.1, 0.15) is 72.7 Å². The largest absolute Gasteiger partial charge is 0.357 e. The maximum atomic E-state index is 12.5. The van der Waals surface area contributed by atoms with E-state index in [9.17, 15) is 4.79 Å². The van der Waals surface area contributed by atoms with Crippen molar-refractivity contribution in [2.45, 2.75) is 63.5 Å². The summed E-state index contributed by atoms with van der Waals surface area (Å²) in [5.41, 5.74) is 5.17. The Kier molecular flexibility index (Phi) is 5.06. The molecule has 5 heteroatoms. The number of nitrogens with zero attached hydrogens (tertiary/aromatic N) is 1. The molecule has 5 nitrogen and oxygen atoms in total. The molecule has 150 valence electrons. The first-order valence-electron chi connectivity index (χ1n) is 10.9. The second-order valence-corrected chi connectivity index (χ2v) is 8.39. The second kappa shape index (κ2) is 7.99. The number of aryl methyl sites for hydroxylation is 1. The third-order valence-corrected chi connectivity index (χ3v) is 6.40. The van der Waals surface area contributed by atoms with Gasteiger partial charge in [0.15, 0.2) is 0 Å². The van der Waals surface area contributed by atoms with Gasteiger partial charge in [-0.05, 0) is 68.0 Å². The van der Waals surface area contributed by atoms with E-state index in [1.165, 1.54) is 61.6 Å². The van der Waals surface area contributed by atoms with Gasteiger partial charge >= 0.3 is 0 Å². The summed E-state index contributed by atoms with van der Waals surface area (Å²) >= 11 is 0. The minimum atomic E-state index is -0.175. The predicted octanol–water partition coefficient (Wildman–Crippen LogP) is 5.11. The van der Waals surface area contributed by atoms with Crippen molar-refractivity contribution in [2.75, 3.05) is 5.32 Å². The fraction of sp³-hybridized carbons (Fsp3) is 0.417. The highest BCUT2D eigenvalue weighted by Gasteiger charge is 2.27. The van der Waals surface area contributed by atoms with Crippen molar-refractivity contribution in [3.8, 4) is 0 Å². The Morgan fingerprint density at radius 1 is 1.03 bits per heavy atom. The van der Waals surface area contributed by atoms with Crippen molar-refractivity contribution < 1.29 is 4.79 Å². The standard InChI is InChI=1S/C24H28N4O/c29-24(22-10-4-5-14-25-22)27-17-12-13-20-19(15-17)18-9-6-11-21(23(18)28-20)26-16-7-2-1-3-8-16/h4-5,10,12-16,21,26,28H,1-3,6-9,11H2,(H,27,29). The summed E-state index contributed by atoms with van der Waals surface area (Å²) in [4.78, 5) is 20.3. The van der Waals surface area contributed by atoms with Crippen LogP contribution < -0.4 is 10.6 Å². The van der Waals surface area contributed by atoms with Crippen LogP contribution in [0.15, 0.2) is 42.6 Å². The second-order valence-electron chi connectivity index (χ2n) is 8.39. The van der Waals surface area contributed by atoms with Gasteiger partial charge in [-0.25, -0.2) is 0 Å². The average Bonchev–Trinajstić information content (AvgIpc) is 3.14. The first-order chi connectivity index (χ1) is 14.3. The molecule has 2 aromatic heterocycles. The van der Waals surface area contributed by atoms with Crippen LogP contribution in [0.3, 0.4) is 0 Å². The minimum absolute atomic E-state index is 0.175. The quantitative estimate of drug-likeness (QED) is 0.581. The van der Waals surface area contributed by atoms with Gasteiger partial charge in [0, 0.05) is 40.6 Å². The Hall–Kier alpha value is -2.66. The third-order valence-electron chi connectivity index (χ3n) is 6.40. The van der Waals surface area contributed by atoms with Crippen molar-refractivity contribution >= 4 is 22.5 Å². The minimum Gasteiger partial charge on any atom is -0.357 e. The van der Waals surface area contributed by atoms with Crippen molar-refractivity contribution in [3.63, 3.8) is 0 Å². The number of rotatable bonds is 4. The lowest BCUT2D eigenvalue weighted by molar-refractivity contribution is 0.102. The maximum absolute atomic E-state index is 12.5. The number of pyridine rings is 1. The zero-order valence-electron chi connectivity index (χ0n) is 16.7. The fourth-order valence-corrected chi connectivity index (χ4v) is 4.95. The number of carbonyl (C=O) groups is 1. The summed E-state index contributed by atoms with van der Waals surface area (Å²) in [7, 11) is 0. The molecule has 2 aliphatic carbocycles. The van der Waals surface area contributed by atoms with Crippen molar-refractivity contribution in [2.24, 2.45) is 0 Å². The zero-order valence-corrected chi connectivity index (χ0v) is 16.7. The van der Waals surface area contributed by atoms with Gasteiger partial charge < -0.3 is 15.6 Å². The first-order valence-corrected chi connectivity index (χ1v) is 10.9. The van der Waals surface area contributed by atoms with Crippen molar-refractivity contribution in [3.05, 3.63) is 59.5 Å². The molecule has 1 fully saturated rings. The molecule has 2 aliphatic rings. The number of amides is 1. The van der Waals surface area contributed by atoms with Crippen LogP contribution in [0.5, 0.6) is 0 Å². The molecule has 29 heavy (non-hydrogen) atoms. The van der Waals surface area contributed by atoms with E-state index < -0.39 is 0 Å². The summed E-state index contributed by atoms with van der Waals surface area (Å²) in [6.07, 6.45) is 11.8. The van der Waals surface area contributed by atoms with Gasteiger partial charge in [0.2, 0.25) is 0 Å². The number of hydrogen-bond donors (Lipinski definition) is 3. The molecule has 1 unspecified atom stereocenters. The molecule has 5 rings (SSSR count). The zero-order chi connectivity index (χ0) is 19.6. The maximum Gasteiger partial charge on any atom is 0.274 e. The fourth-order valence-electron chi connectivity index (χ4n) is 4.95. The van der Waals surface area contributed by atoms with Crippen LogP contribution in [0.2, 0.25) is 0 Å². The summed E-state index contributed by atoms with van der Waals surface area (Å²) in [6.45, 7) is 0. The molecule has 1 amide bonds. The van der Waals surface area contributed by atoms with E-state index in [2.05, 4.69) is 32.7 Å². The van der Waals surface area contributed by atoms with Crippen LogP contribution in [-0.4, -0.2) is 21.9 Å². The number of nitrogens with one attached hydrogen (secondary N) is 3. The van der Waals surface area contributed by atoms with Gasteiger partial charge in [-0.2, -0.15) is 0 Å². The van der Waals surface area contributed by atoms with Crippen LogP contribution in [-0.2, 0) is 6.42 Å². The van der Waals surface area contributed by atoms with Gasteiger partial charge in [0.05, 0.1) is 0 Å². The molecule has 0 bridgehead atoms. The Morgan fingerprint density at radius 2 is 1.93 bits per heavy atom. The Balaban J connectivity index is 1.39. The molecule has 0 saturated heterocycles. The van der Waals surface area contributed by atoms with Gasteiger partial charge in [-0.3, -0.25) is 9.78 Å². The van der Waals surface area contributed by atoms with Crippen LogP contribution in [0, 0.1) is 0 Å². The highest BCUT2D eigenvalue weighted by atomic mass is 16.1. The summed E-state index contributed by atoms with van der Waals surface area (Å²) in [5, 5.41) is 8.16. The SMILES string of the molecule is O=C(Nc1ccc2[nH]c3c(c2c1)CCCC3NC1CCCCC1)c1ccccn1. The molecule has 0 aliphatic heterocycles. The summed E-state index contributed by atoms with van der Waals surface area (Å²) in [5.74, 6) is -0.175. The molecule has 1 saturated carbocycles. The summed E-state index contributed by atoms with van der Waals surface area (Å²) in [6, 6.07) is 12.6. The number of anilines is 1. The van der Waals surface area contributed by atoms with Gasteiger partial charge in [0.25, 0.3) is 5.91 Å². The average molecular weight is 389 g/mol. The molecule has 3 N–H and O–H groups in total. The number of fused-ring (bicyclic) bond motifs is 3. The van der Waals surface area contributed by atoms with Crippen molar-refractivity contribution in [1.82, 2.24) is 15.3 Å². The summed E-state index contributed by atoms with van der Waals surface area (Å²) < 4.78 is 0. The van der Waals surface area contributed by atoms with E-state index in [1.54, 1.807) is 12.3 Å². The molecule has 2 heterocycles. The van der Waals surface area contributed by atoms with E-state index in [0.717, 1.165) is 17.6 Å². The molecule has 1 aromatic carbocycles. The molecule has 0 radical (unpaired) electrons. The van der Waals surface area contributed by atoms with Crippen LogP contribution in [0.25, 0.3) is 10.9 Å². The van der Waals surface area contributed by atoms with E-state index in [-0.39, 0.29) is 5.91 Å².